The van der Waals surface area contributed by atoms with Crippen LogP contribution in [0.1, 0.15) is 19.8 Å². The van der Waals surface area contributed by atoms with E-state index in [0.29, 0.717) is 19.6 Å². The zero-order chi connectivity index (χ0) is 11.3. The van der Waals surface area contributed by atoms with E-state index < -0.39 is 12.6 Å². The Kier molecular flexibility index (Phi) is 4.60. The van der Waals surface area contributed by atoms with Crippen LogP contribution >= 0.6 is 0 Å². The first-order chi connectivity index (χ1) is 6.97. The van der Waals surface area contributed by atoms with Gasteiger partial charge < -0.3 is 10.1 Å². The molecule has 1 heterocycles. The molecule has 1 unspecified atom stereocenters. The van der Waals surface area contributed by atoms with Crippen LogP contribution in [0.15, 0.2) is 11.6 Å². The molecule has 0 saturated carbocycles. The summed E-state index contributed by atoms with van der Waals surface area (Å²) in [4.78, 5) is 0. The van der Waals surface area contributed by atoms with Gasteiger partial charge >= 0.3 is 6.18 Å². The quantitative estimate of drug-likeness (QED) is 0.741. The van der Waals surface area contributed by atoms with Crippen LogP contribution in [0.2, 0.25) is 0 Å². The predicted octanol–water partition coefficient (Wildman–Crippen LogP) is 2.26. The van der Waals surface area contributed by atoms with Gasteiger partial charge in [0, 0.05) is 12.6 Å². The topological polar surface area (TPSA) is 21.3 Å². The molecule has 15 heavy (non-hydrogen) atoms. The Morgan fingerprint density at radius 2 is 2.27 bits per heavy atom. The van der Waals surface area contributed by atoms with Gasteiger partial charge in [0.2, 0.25) is 0 Å². The molecule has 1 aliphatic rings. The minimum Gasteiger partial charge on any atom is -0.379 e. The van der Waals surface area contributed by atoms with Crippen molar-refractivity contribution in [2.75, 3.05) is 19.8 Å². The number of allylic oxidation sites excluding steroid dienone is 1. The molecule has 0 amide bonds. The van der Waals surface area contributed by atoms with Crippen LogP contribution in [0.5, 0.6) is 0 Å². The Morgan fingerprint density at radius 1 is 1.53 bits per heavy atom. The molecule has 0 aromatic rings. The van der Waals surface area contributed by atoms with Crippen LogP contribution in [0.4, 0.5) is 13.2 Å². The number of hydrogen-bond acceptors (Lipinski definition) is 2. The third-order valence-corrected chi connectivity index (χ3v) is 2.25. The van der Waals surface area contributed by atoms with Crippen molar-refractivity contribution in [2.24, 2.45) is 0 Å². The molecule has 0 radical (unpaired) electrons. The number of morpholine rings is 1. The Morgan fingerprint density at radius 3 is 2.80 bits per heavy atom. The minimum absolute atomic E-state index is 0.156. The van der Waals surface area contributed by atoms with Gasteiger partial charge in [-0.15, -0.1) is 0 Å². The second kappa shape index (κ2) is 5.51. The van der Waals surface area contributed by atoms with Crippen LogP contribution in [-0.2, 0) is 4.74 Å². The molecule has 0 aromatic carbocycles. The zero-order valence-corrected chi connectivity index (χ0v) is 8.73. The summed E-state index contributed by atoms with van der Waals surface area (Å²) in [6, 6.07) is 0.156. The Labute approximate surface area is 87.5 Å². The molecule has 1 N–H and O–H groups in total. The highest BCUT2D eigenvalue weighted by Gasteiger charge is 2.25. The van der Waals surface area contributed by atoms with Crippen molar-refractivity contribution in [1.82, 2.24) is 5.32 Å². The fourth-order valence-corrected chi connectivity index (χ4v) is 1.51. The van der Waals surface area contributed by atoms with Gasteiger partial charge in [0.25, 0.3) is 0 Å². The number of ether oxygens (including phenoxy) is 1. The average molecular weight is 223 g/mol. The van der Waals surface area contributed by atoms with Crippen molar-refractivity contribution < 1.29 is 17.9 Å². The molecule has 0 spiro atoms. The largest absolute Gasteiger partial charge is 0.392 e. The lowest BCUT2D eigenvalue weighted by Crippen LogP contribution is -2.41. The first-order valence-electron chi connectivity index (χ1n) is 5.01. The molecule has 88 valence electrons. The van der Waals surface area contributed by atoms with Gasteiger partial charge in [0.15, 0.2) is 0 Å². The third kappa shape index (κ3) is 5.79. The maximum absolute atomic E-state index is 11.9. The van der Waals surface area contributed by atoms with Crippen molar-refractivity contribution in [3.05, 3.63) is 11.6 Å². The van der Waals surface area contributed by atoms with Crippen LogP contribution < -0.4 is 5.32 Å². The summed E-state index contributed by atoms with van der Waals surface area (Å²) < 4.78 is 40.9. The average Bonchev–Trinajstić information content (AvgIpc) is 2.15. The molecule has 1 atom stereocenters. The lowest BCUT2D eigenvalue weighted by atomic mass is 10.1. The molecule has 1 fully saturated rings. The molecule has 1 saturated heterocycles. The van der Waals surface area contributed by atoms with Crippen molar-refractivity contribution in [2.45, 2.75) is 32.0 Å². The van der Waals surface area contributed by atoms with E-state index in [1.165, 1.54) is 6.08 Å². The number of alkyl halides is 3. The second-order valence-corrected chi connectivity index (χ2v) is 3.80. The number of rotatable bonds is 3. The number of halogens is 3. The number of hydrogen-bond donors (Lipinski definition) is 1. The minimum atomic E-state index is -4.10. The predicted molar refractivity (Wildman–Crippen MR) is 51.7 cm³/mol. The summed E-state index contributed by atoms with van der Waals surface area (Å²) in [6.07, 6.45) is -3.07. The molecule has 0 bridgehead atoms. The maximum atomic E-state index is 11.9. The van der Waals surface area contributed by atoms with Crippen LogP contribution in [0.25, 0.3) is 0 Å². The maximum Gasteiger partial charge on any atom is 0.392 e. The van der Waals surface area contributed by atoms with Gasteiger partial charge in [0.1, 0.15) is 0 Å². The van der Waals surface area contributed by atoms with E-state index in [4.69, 9.17) is 4.74 Å². The van der Waals surface area contributed by atoms with Crippen LogP contribution in [-0.4, -0.2) is 32.0 Å². The van der Waals surface area contributed by atoms with Gasteiger partial charge in [-0.2, -0.15) is 13.2 Å². The molecule has 5 heteroatoms. The molecule has 2 nitrogen and oxygen atoms in total. The standard InChI is InChI=1S/C10H16F3NO/c1-8(2-3-10(11,12)13)6-9-7-15-5-4-14-9/h2,9,14H,3-7H2,1H3. The second-order valence-electron chi connectivity index (χ2n) is 3.80. The van der Waals surface area contributed by atoms with Gasteiger partial charge in [-0.1, -0.05) is 11.6 Å². The summed E-state index contributed by atoms with van der Waals surface area (Å²) >= 11 is 0. The summed E-state index contributed by atoms with van der Waals surface area (Å²) in [5.74, 6) is 0. The molecule has 1 aliphatic heterocycles. The van der Waals surface area contributed by atoms with E-state index >= 15 is 0 Å². The summed E-state index contributed by atoms with van der Waals surface area (Å²) in [7, 11) is 0. The van der Waals surface area contributed by atoms with E-state index in [0.717, 1.165) is 12.1 Å². The first-order valence-corrected chi connectivity index (χ1v) is 5.01. The van der Waals surface area contributed by atoms with Gasteiger partial charge in [-0.3, -0.25) is 0 Å². The van der Waals surface area contributed by atoms with Crippen molar-refractivity contribution in [1.29, 1.82) is 0 Å². The fourth-order valence-electron chi connectivity index (χ4n) is 1.51. The van der Waals surface area contributed by atoms with Crippen LogP contribution in [0.3, 0.4) is 0 Å². The van der Waals surface area contributed by atoms with Gasteiger partial charge in [-0.05, 0) is 13.3 Å². The van der Waals surface area contributed by atoms with E-state index in [1.807, 2.05) is 0 Å². The van der Waals surface area contributed by atoms with Crippen LogP contribution in [0, 0.1) is 0 Å². The molecule has 1 rings (SSSR count). The Bertz CT molecular complexity index is 219. The van der Waals surface area contributed by atoms with Crippen molar-refractivity contribution in [3.8, 4) is 0 Å². The fraction of sp³-hybridized carbons (Fsp3) is 0.800. The highest BCUT2D eigenvalue weighted by molar-refractivity contribution is 5.02. The molecular weight excluding hydrogens is 207 g/mol. The van der Waals surface area contributed by atoms with E-state index in [9.17, 15) is 13.2 Å². The van der Waals surface area contributed by atoms with Gasteiger partial charge in [0.05, 0.1) is 19.6 Å². The summed E-state index contributed by atoms with van der Waals surface area (Å²) in [5.41, 5.74) is 0.760. The number of nitrogens with one attached hydrogen (secondary N) is 1. The monoisotopic (exact) mass is 223 g/mol. The summed E-state index contributed by atoms with van der Waals surface area (Å²) in [6.45, 7) is 3.76. The van der Waals surface area contributed by atoms with Crippen molar-refractivity contribution >= 4 is 0 Å². The highest BCUT2D eigenvalue weighted by atomic mass is 19.4. The molecule has 0 aromatic heterocycles. The smallest absolute Gasteiger partial charge is 0.379 e. The normalized spacial score (nSPS) is 24.3. The Balaban J connectivity index is 2.30. The van der Waals surface area contributed by atoms with E-state index in [1.54, 1.807) is 6.92 Å². The molecule has 0 aliphatic carbocycles. The lowest BCUT2D eigenvalue weighted by molar-refractivity contribution is -0.125. The Hall–Kier alpha value is -0.550. The van der Waals surface area contributed by atoms with E-state index in [-0.39, 0.29) is 6.04 Å². The summed E-state index contributed by atoms with van der Waals surface area (Å²) in [5, 5.41) is 3.20. The lowest BCUT2D eigenvalue weighted by Gasteiger charge is -2.24. The van der Waals surface area contributed by atoms with Crippen molar-refractivity contribution in [3.63, 3.8) is 0 Å². The first kappa shape index (κ1) is 12.5. The third-order valence-electron chi connectivity index (χ3n) is 2.25. The SMILES string of the molecule is CC(=CCC(F)(F)F)CC1COCCN1. The molecular formula is C10H16F3NO. The highest BCUT2D eigenvalue weighted by Crippen LogP contribution is 2.21. The zero-order valence-electron chi connectivity index (χ0n) is 8.73. The van der Waals surface area contributed by atoms with E-state index in [2.05, 4.69) is 5.32 Å². The van der Waals surface area contributed by atoms with Gasteiger partial charge in [-0.25, -0.2) is 0 Å².